The molecule has 4 rings (SSSR count). The molecule has 11 heteroatoms. The first-order chi connectivity index (χ1) is 16.1. The van der Waals surface area contributed by atoms with Crippen LogP contribution in [0.2, 0.25) is 0 Å². The van der Waals surface area contributed by atoms with Gasteiger partial charge in [0.05, 0.1) is 28.6 Å². The van der Waals surface area contributed by atoms with Crippen LogP contribution < -0.4 is 16.4 Å². The average molecular weight is 466 g/mol. The Morgan fingerprint density at radius 3 is 2.73 bits per heavy atom. The standard InChI is InChI=1S/C22H24FN9S/c1-3-14-15(4-2)29-17(28-14)7-10-25-11-8-18-30-19-20(31-22(24)32-21(19)33-18)27-12-16-13(23)6-5-9-26-16/h3-6,9,25H,1-2,7-8,10-12H2,(H,28,29)(H3,24,27,31,32). The van der Waals surface area contributed by atoms with Crippen molar-refractivity contribution in [2.24, 2.45) is 0 Å². The molecule has 0 fully saturated rings. The van der Waals surface area contributed by atoms with E-state index in [0.29, 0.717) is 21.9 Å². The second-order valence-corrected chi connectivity index (χ2v) is 8.18. The number of halogens is 1. The van der Waals surface area contributed by atoms with Crippen molar-refractivity contribution in [1.82, 2.24) is 35.2 Å². The van der Waals surface area contributed by atoms with E-state index < -0.39 is 0 Å². The van der Waals surface area contributed by atoms with Gasteiger partial charge in [0.2, 0.25) is 5.95 Å². The number of thiazole rings is 1. The minimum Gasteiger partial charge on any atom is -0.368 e. The van der Waals surface area contributed by atoms with Gasteiger partial charge >= 0.3 is 0 Å². The van der Waals surface area contributed by atoms with E-state index in [2.05, 4.69) is 53.7 Å². The Morgan fingerprint density at radius 2 is 1.97 bits per heavy atom. The second kappa shape index (κ2) is 10.3. The SMILES string of the molecule is C=Cc1nc(CCNCCc2nc3c(NCc4ncccc4F)nc(N)nc3s2)[nH]c1C=C. The smallest absolute Gasteiger partial charge is 0.223 e. The molecular weight excluding hydrogens is 441 g/mol. The van der Waals surface area contributed by atoms with E-state index in [1.54, 1.807) is 24.4 Å². The number of pyridine rings is 1. The maximum absolute atomic E-state index is 13.9. The third-order valence-electron chi connectivity index (χ3n) is 4.84. The number of aromatic nitrogens is 6. The maximum Gasteiger partial charge on any atom is 0.223 e. The van der Waals surface area contributed by atoms with Gasteiger partial charge in [0.25, 0.3) is 0 Å². The van der Waals surface area contributed by atoms with Gasteiger partial charge in [0, 0.05) is 32.1 Å². The van der Waals surface area contributed by atoms with E-state index in [4.69, 9.17) is 5.73 Å². The normalized spacial score (nSPS) is 11.1. The predicted molar refractivity (Wildman–Crippen MR) is 130 cm³/mol. The fourth-order valence-corrected chi connectivity index (χ4v) is 4.18. The summed E-state index contributed by atoms with van der Waals surface area (Å²) in [5.74, 6) is 1.10. The molecule has 0 amide bonds. The maximum atomic E-state index is 13.9. The van der Waals surface area contributed by atoms with Crippen molar-refractivity contribution in [3.8, 4) is 0 Å². The first-order valence-corrected chi connectivity index (χ1v) is 11.2. The zero-order valence-corrected chi connectivity index (χ0v) is 18.8. The van der Waals surface area contributed by atoms with Crippen LogP contribution >= 0.6 is 11.3 Å². The van der Waals surface area contributed by atoms with Crippen LogP contribution in [0.4, 0.5) is 16.2 Å². The molecule has 33 heavy (non-hydrogen) atoms. The van der Waals surface area contributed by atoms with Crippen molar-refractivity contribution >= 4 is 45.6 Å². The molecule has 0 bridgehead atoms. The van der Waals surface area contributed by atoms with Gasteiger partial charge < -0.3 is 21.4 Å². The number of hydrogen-bond donors (Lipinski definition) is 4. The van der Waals surface area contributed by atoms with Gasteiger partial charge in [-0.05, 0) is 24.3 Å². The highest BCUT2D eigenvalue weighted by Crippen LogP contribution is 2.27. The molecule has 9 nitrogen and oxygen atoms in total. The Labute approximate surface area is 194 Å². The third kappa shape index (κ3) is 5.38. The summed E-state index contributed by atoms with van der Waals surface area (Å²) in [4.78, 5) is 25.6. The molecule has 0 aromatic carbocycles. The van der Waals surface area contributed by atoms with E-state index in [1.807, 2.05) is 0 Å². The number of fused-ring (bicyclic) bond motifs is 1. The van der Waals surface area contributed by atoms with Crippen molar-refractivity contribution in [2.45, 2.75) is 19.4 Å². The summed E-state index contributed by atoms with van der Waals surface area (Å²) in [6, 6.07) is 2.91. The fourth-order valence-electron chi connectivity index (χ4n) is 3.24. The van der Waals surface area contributed by atoms with Gasteiger partial charge in [-0.25, -0.2) is 19.3 Å². The Balaban J connectivity index is 1.34. The Bertz CT molecular complexity index is 1250. The summed E-state index contributed by atoms with van der Waals surface area (Å²) in [6.45, 7) is 9.21. The number of hydrogen-bond acceptors (Lipinski definition) is 9. The number of H-pyrrole nitrogens is 1. The van der Waals surface area contributed by atoms with Crippen molar-refractivity contribution in [3.05, 3.63) is 65.2 Å². The molecule has 0 unspecified atom stereocenters. The number of imidazole rings is 1. The number of nitrogens with two attached hydrogens (primary N) is 1. The van der Waals surface area contributed by atoms with Gasteiger partial charge in [-0.15, -0.1) is 0 Å². The van der Waals surface area contributed by atoms with Crippen LogP contribution in [0, 0.1) is 5.82 Å². The molecule has 0 saturated carbocycles. The minimum atomic E-state index is -0.385. The monoisotopic (exact) mass is 465 g/mol. The molecule has 0 aliphatic heterocycles. The number of aromatic amines is 1. The molecule has 170 valence electrons. The molecule has 5 N–H and O–H groups in total. The molecular formula is C22H24FN9S. The van der Waals surface area contributed by atoms with Crippen LogP contribution in [-0.4, -0.2) is 43.0 Å². The average Bonchev–Trinajstić information content (AvgIpc) is 3.41. The van der Waals surface area contributed by atoms with E-state index >= 15 is 0 Å². The number of anilines is 2. The summed E-state index contributed by atoms with van der Waals surface area (Å²) in [7, 11) is 0. The molecule has 0 atom stereocenters. The highest BCUT2D eigenvalue weighted by molar-refractivity contribution is 7.18. The molecule has 4 aromatic heterocycles. The highest BCUT2D eigenvalue weighted by Gasteiger charge is 2.13. The molecule has 0 radical (unpaired) electrons. The van der Waals surface area contributed by atoms with Crippen LogP contribution in [0.3, 0.4) is 0 Å². The first kappa shape index (κ1) is 22.5. The third-order valence-corrected chi connectivity index (χ3v) is 5.85. The lowest BCUT2D eigenvalue weighted by Crippen LogP contribution is -2.20. The zero-order valence-electron chi connectivity index (χ0n) is 17.9. The van der Waals surface area contributed by atoms with Gasteiger partial charge in [0.15, 0.2) is 10.6 Å². The van der Waals surface area contributed by atoms with Gasteiger partial charge in [-0.2, -0.15) is 4.98 Å². The largest absolute Gasteiger partial charge is 0.368 e. The second-order valence-electron chi connectivity index (χ2n) is 7.12. The summed E-state index contributed by atoms with van der Waals surface area (Å²) in [5.41, 5.74) is 8.45. The Hall–Kier alpha value is -3.70. The molecule has 4 heterocycles. The van der Waals surface area contributed by atoms with Gasteiger partial charge in [0.1, 0.15) is 17.2 Å². The molecule has 4 aromatic rings. The summed E-state index contributed by atoms with van der Waals surface area (Å²) in [6.07, 6.45) is 6.47. The lowest BCUT2D eigenvalue weighted by Gasteiger charge is -2.06. The Kier molecular flexibility index (Phi) is 7.01. The lowest BCUT2D eigenvalue weighted by atomic mass is 10.3. The summed E-state index contributed by atoms with van der Waals surface area (Å²) in [5, 5.41) is 7.39. The topological polar surface area (TPSA) is 130 Å². The van der Waals surface area contributed by atoms with Gasteiger partial charge in [-0.3, -0.25) is 4.98 Å². The van der Waals surface area contributed by atoms with Gasteiger partial charge in [-0.1, -0.05) is 24.5 Å². The van der Waals surface area contributed by atoms with E-state index in [-0.39, 0.29) is 18.3 Å². The van der Waals surface area contributed by atoms with Crippen molar-refractivity contribution < 1.29 is 4.39 Å². The number of nitrogens with one attached hydrogen (secondary N) is 3. The molecule has 0 spiro atoms. The quantitative estimate of drug-likeness (QED) is 0.249. The van der Waals surface area contributed by atoms with Crippen LogP contribution in [0.5, 0.6) is 0 Å². The van der Waals surface area contributed by atoms with Crippen molar-refractivity contribution in [2.75, 3.05) is 24.1 Å². The van der Waals surface area contributed by atoms with E-state index in [9.17, 15) is 4.39 Å². The van der Waals surface area contributed by atoms with E-state index in [0.717, 1.165) is 48.2 Å². The predicted octanol–water partition coefficient (Wildman–Crippen LogP) is 3.20. The molecule has 0 aliphatic carbocycles. The fraction of sp³-hybridized carbons (Fsp3) is 0.227. The van der Waals surface area contributed by atoms with Crippen LogP contribution in [0.15, 0.2) is 31.5 Å². The summed E-state index contributed by atoms with van der Waals surface area (Å²) < 4.78 is 13.9. The number of rotatable bonds is 11. The van der Waals surface area contributed by atoms with Crippen LogP contribution in [0.25, 0.3) is 22.5 Å². The zero-order chi connectivity index (χ0) is 23.2. The minimum absolute atomic E-state index is 0.135. The molecule has 0 saturated heterocycles. The summed E-state index contributed by atoms with van der Waals surface area (Å²) >= 11 is 1.46. The van der Waals surface area contributed by atoms with Crippen LogP contribution in [0.1, 0.15) is 27.9 Å². The Morgan fingerprint density at radius 1 is 1.12 bits per heavy atom. The van der Waals surface area contributed by atoms with Crippen LogP contribution in [-0.2, 0) is 19.4 Å². The van der Waals surface area contributed by atoms with E-state index in [1.165, 1.54) is 17.4 Å². The number of nitrogen functional groups attached to an aromatic ring is 1. The highest BCUT2D eigenvalue weighted by atomic mass is 32.1. The first-order valence-electron chi connectivity index (χ1n) is 10.4. The number of nitrogens with zero attached hydrogens (tertiary/aromatic N) is 5. The van der Waals surface area contributed by atoms with Crippen molar-refractivity contribution in [3.63, 3.8) is 0 Å². The molecule has 0 aliphatic rings. The van der Waals surface area contributed by atoms with Crippen molar-refractivity contribution in [1.29, 1.82) is 0 Å². The lowest BCUT2D eigenvalue weighted by molar-refractivity contribution is 0.602.